The lowest BCUT2D eigenvalue weighted by Crippen LogP contribution is -2.30. The van der Waals surface area contributed by atoms with Crippen LogP contribution in [0.3, 0.4) is 0 Å². The zero-order valence-corrected chi connectivity index (χ0v) is 16.8. The van der Waals surface area contributed by atoms with E-state index in [0.717, 1.165) is 22.6 Å². The molecule has 150 valence electrons. The van der Waals surface area contributed by atoms with Crippen molar-refractivity contribution in [1.29, 1.82) is 0 Å². The molecule has 3 aromatic rings. The van der Waals surface area contributed by atoms with E-state index in [0.29, 0.717) is 17.7 Å². The van der Waals surface area contributed by atoms with Crippen molar-refractivity contribution >= 4 is 5.91 Å². The number of hydrogen-bond acceptors (Lipinski definition) is 4. The number of carbonyl (C=O) groups is 1. The Morgan fingerprint density at radius 1 is 0.793 bits per heavy atom. The van der Waals surface area contributed by atoms with Crippen molar-refractivity contribution in [1.82, 2.24) is 5.32 Å². The number of rotatable bonds is 8. The Morgan fingerprint density at radius 2 is 1.38 bits per heavy atom. The molecular formula is C24H25NO4. The van der Waals surface area contributed by atoms with Gasteiger partial charge in [-0.15, -0.1) is 0 Å². The molecule has 0 radical (unpaired) electrons. The molecule has 1 N–H and O–H groups in total. The van der Waals surface area contributed by atoms with E-state index in [1.165, 1.54) is 0 Å². The molecule has 5 heteroatoms. The summed E-state index contributed by atoms with van der Waals surface area (Å²) in [5.74, 6) is 2.07. The molecule has 0 aliphatic heterocycles. The van der Waals surface area contributed by atoms with E-state index in [-0.39, 0.29) is 11.9 Å². The van der Waals surface area contributed by atoms with Crippen molar-refractivity contribution in [3.63, 3.8) is 0 Å². The van der Waals surface area contributed by atoms with Crippen LogP contribution in [0.15, 0.2) is 72.8 Å². The maximum Gasteiger partial charge on any atom is 0.251 e. The molecular weight excluding hydrogens is 366 g/mol. The Kier molecular flexibility index (Phi) is 6.74. The monoisotopic (exact) mass is 391 g/mol. The van der Waals surface area contributed by atoms with E-state index in [4.69, 9.17) is 14.2 Å². The minimum atomic E-state index is -0.201. The summed E-state index contributed by atoms with van der Waals surface area (Å²) in [5, 5.41) is 3.15. The second kappa shape index (κ2) is 9.64. The highest BCUT2D eigenvalue weighted by Crippen LogP contribution is 2.24. The van der Waals surface area contributed by atoms with Crippen molar-refractivity contribution < 1.29 is 19.0 Å². The van der Waals surface area contributed by atoms with Crippen LogP contribution in [0.2, 0.25) is 0 Å². The molecule has 0 fully saturated rings. The van der Waals surface area contributed by atoms with Gasteiger partial charge < -0.3 is 19.5 Å². The number of methoxy groups -OCH3 is 3. The molecule has 0 aliphatic carbocycles. The summed E-state index contributed by atoms with van der Waals surface area (Å²) < 4.78 is 15.7. The van der Waals surface area contributed by atoms with Gasteiger partial charge in [-0.05, 0) is 60.0 Å². The molecule has 1 atom stereocenters. The summed E-state index contributed by atoms with van der Waals surface area (Å²) in [4.78, 5) is 12.9. The maximum atomic E-state index is 12.9. The fourth-order valence-corrected chi connectivity index (χ4v) is 3.09. The first-order valence-electron chi connectivity index (χ1n) is 9.34. The van der Waals surface area contributed by atoms with E-state index in [9.17, 15) is 4.79 Å². The van der Waals surface area contributed by atoms with Crippen LogP contribution in [0, 0.1) is 0 Å². The molecule has 0 aliphatic rings. The second-order valence-electron chi connectivity index (χ2n) is 6.58. The van der Waals surface area contributed by atoms with Crippen LogP contribution in [0.1, 0.15) is 27.5 Å². The number of nitrogens with one attached hydrogen (secondary N) is 1. The predicted octanol–water partition coefficient (Wildman–Crippen LogP) is 4.43. The van der Waals surface area contributed by atoms with Gasteiger partial charge in [0, 0.05) is 5.56 Å². The molecule has 0 saturated carbocycles. The van der Waals surface area contributed by atoms with Gasteiger partial charge in [-0.2, -0.15) is 0 Å². The Hall–Kier alpha value is -3.47. The quantitative estimate of drug-likeness (QED) is 0.617. The van der Waals surface area contributed by atoms with Crippen molar-refractivity contribution in [3.8, 4) is 17.2 Å². The molecule has 0 aromatic heterocycles. The normalized spacial score (nSPS) is 11.4. The Morgan fingerprint density at radius 3 is 1.97 bits per heavy atom. The molecule has 0 saturated heterocycles. The lowest BCUT2D eigenvalue weighted by atomic mass is 9.98. The number of carbonyl (C=O) groups excluding carboxylic acids is 1. The zero-order chi connectivity index (χ0) is 20.6. The number of ether oxygens (including phenoxy) is 3. The Labute approximate surface area is 171 Å². The van der Waals surface area contributed by atoms with Crippen LogP contribution in [-0.2, 0) is 6.42 Å². The third-order valence-electron chi connectivity index (χ3n) is 4.75. The molecule has 5 nitrogen and oxygen atoms in total. The van der Waals surface area contributed by atoms with Gasteiger partial charge in [-0.1, -0.05) is 30.3 Å². The average Bonchev–Trinajstić information content (AvgIpc) is 2.79. The zero-order valence-electron chi connectivity index (χ0n) is 16.8. The van der Waals surface area contributed by atoms with E-state index in [2.05, 4.69) is 5.32 Å². The molecule has 0 bridgehead atoms. The van der Waals surface area contributed by atoms with Crippen LogP contribution >= 0.6 is 0 Å². The molecule has 1 amide bonds. The first kappa shape index (κ1) is 20.3. The van der Waals surface area contributed by atoms with E-state index >= 15 is 0 Å². The van der Waals surface area contributed by atoms with Gasteiger partial charge in [0.1, 0.15) is 17.2 Å². The fourth-order valence-electron chi connectivity index (χ4n) is 3.09. The number of benzene rings is 3. The van der Waals surface area contributed by atoms with E-state index in [1.54, 1.807) is 39.5 Å². The largest absolute Gasteiger partial charge is 0.497 e. The summed E-state index contributed by atoms with van der Waals surface area (Å²) >= 11 is 0. The van der Waals surface area contributed by atoms with Crippen LogP contribution in [-0.4, -0.2) is 27.2 Å². The molecule has 1 unspecified atom stereocenters. The summed E-state index contributed by atoms with van der Waals surface area (Å²) in [6.45, 7) is 0. The minimum Gasteiger partial charge on any atom is -0.497 e. The van der Waals surface area contributed by atoms with Crippen LogP contribution in [0.4, 0.5) is 0 Å². The van der Waals surface area contributed by atoms with Gasteiger partial charge in [-0.3, -0.25) is 4.79 Å². The summed E-state index contributed by atoms with van der Waals surface area (Å²) in [7, 11) is 4.86. The molecule has 0 spiro atoms. The van der Waals surface area contributed by atoms with Gasteiger partial charge in [0.25, 0.3) is 5.91 Å². The summed E-state index contributed by atoms with van der Waals surface area (Å²) in [6, 6.07) is 22.5. The van der Waals surface area contributed by atoms with Gasteiger partial charge in [-0.25, -0.2) is 0 Å². The first-order chi connectivity index (χ1) is 14.1. The van der Waals surface area contributed by atoms with Crippen molar-refractivity contribution in [3.05, 3.63) is 89.5 Å². The van der Waals surface area contributed by atoms with Crippen LogP contribution < -0.4 is 19.5 Å². The molecule has 0 heterocycles. The highest BCUT2D eigenvalue weighted by Gasteiger charge is 2.17. The maximum absolute atomic E-state index is 12.9. The van der Waals surface area contributed by atoms with Gasteiger partial charge in [0.15, 0.2) is 0 Å². The summed E-state index contributed by atoms with van der Waals surface area (Å²) in [5.41, 5.74) is 2.65. The Balaban J connectivity index is 1.85. The van der Waals surface area contributed by atoms with E-state index in [1.807, 2.05) is 54.6 Å². The van der Waals surface area contributed by atoms with Crippen LogP contribution in [0.25, 0.3) is 0 Å². The minimum absolute atomic E-state index is 0.154. The second-order valence-corrected chi connectivity index (χ2v) is 6.58. The lowest BCUT2D eigenvalue weighted by Gasteiger charge is -2.20. The SMILES string of the molecule is COc1ccc(CC(NC(=O)c2cccc(OC)c2)c2ccc(OC)cc2)cc1. The standard InChI is InChI=1S/C24H25NO4/c1-27-20-11-7-17(8-12-20)15-23(18-9-13-21(28-2)14-10-18)25-24(26)19-5-4-6-22(16-19)29-3/h4-14,16,23H,15H2,1-3H3,(H,25,26). The Bertz CT molecular complexity index is 936. The van der Waals surface area contributed by atoms with Crippen LogP contribution in [0.5, 0.6) is 17.2 Å². The smallest absolute Gasteiger partial charge is 0.251 e. The number of amides is 1. The molecule has 3 aromatic carbocycles. The van der Waals surface area contributed by atoms with Gasteiger partial charge >= 0.3 is 0 Å². The van der Waals surface area contributed by atoms with Crippen molar-refractivity contribution in [2.45, 2.75) is 12.5 Å². The lowest BCUT2D eigenvalue weighted by molar-refractivity contribution is 0.0936. The molecule has 29 heavy (non-hydrogen) atoms. The van der Waals surface area contributed by atoms with Crippen molar-refractivity contribution in [2.75, 3.05) is 21.3 Å². The average molecular weight is 391 g/mol. The number of hydrogen-bond donors (Lipinski definition) is 1. The fraction of sp³-hybridized carbons (Fsp3) is 0.208. The first-order valence-corrected chi connectivity index (χ1v) is 9.34. The third-order valence-corrected chi connectivity index (χ3v) is 4.75. The molecule has 3 rings (SSSR count). The topological polar surface area (TPSA) is 56.8 Å². The van der Waals surface area contributed by atoms with Crippen molar-refractivity contribution in [2.24, 2.45) is 0 Å². The predicted molar refractivity (Wildman–Crippen MR) is 113 cm³/mol. The highest BCUT2D eigenvalue weighted by molar-refractivity contribution is 5.94. The van der Waals surface area contributed by atoms with Gasteiger partial charge in [0.2, 0.25) is 0 Å². The third kappa shape index (κ3) is 5.29. The van der Waals surface area contributed by atoms with Gasteiger partial charge in [0.05, 0.1) is 27.4 Å². The summed E-state index contributed by atoms with van der Waals surface area (Å²) in [6.07, 6.45) is 0.645. The highest BCUT2D eigenvalue weighted by atomic mass is 16.5. The van der Waals surface area contributed by atoms with E-state index < -0.39 is 0 Å².